The number of hydrogen-bond donors (Lipinski definition) is 2. The fourth-order valence-corrected chi connectivity index (χ4v) is 1.32. The Balaban J connectivity index is 2.50. The number of carbonyl (C=O) groups is 1. The molecule has 0 aromatic carbocycles. The molecule has 1 aliphatic rings. The topological polar surface area (TPSA) is 66.6 Å². The molecule has 1 saturated heterocycles. The lowest BCUT2D eigenvalue weighted by molar-refractivity contribution is -0.123. The Hall–Kier alpha value is -0.610. The van der Waals surface area contributed by atoms with Crippen LogP contribution >= 0.6 is 0 Å². The average Bonchev–Trinajstić information content (AvgIpc) is 2.33. The molecular formula is C6H12N2O2. The van der Waals surface area contributed by atoms with E-state index in [1.54, 1.807) is 4.90 Å². The van der Waals surface area contributed by atoms with Gasteiger partial charge in [-0.05, 0) is 12.8 Å². The Morgan fingerprint density at radius 2 is 2.50 bits per heavy atom. The van der Waals surface area contributed by atoms with Gasteiger partial charge >= 0.3 is 0 Å². The van der Waals surface area contributed by atoms with Crippen molar-refractivity contribution in [2.24, 2.45) is 5.73 Å². The maximum absolute atomic E-state index is 10.6. The number of rotatable bonds is 2. The Kier molecular flexibility index (Phi) is 2.24. The zero-order valence-corrected chi connectivity index (χ0v) is 5.79. The van der Waals surface area contributed by atoms with Crippen molar-refractivity contribution in [1.29, 1.82) is 0 Å². The van der Waals surface area contributed by atoms with Gasteiger partial charge < -0.3 is 10.8 Å². The van der Waals surface area contributed by atoms with Gasteiger partial charge in [-0.2, -0.15) is 0 Å². The molecule has 3 N–H and O–H groups in total. The van der Waals surface area contributed by atoms with Crippen molar-refractivity contribution >= 4 is 5.91 Å². The maximum atomic E-state index is 10.6. The Labute approximate surface area is 59.6 Å². The summed E-state index contributed by atoms with van der Waals surface area (Å²) in [5.74, 6) is -0.327. The molecule has 0 aliphatic carbocycles. The molecule has 1 fully saturated rings. The summed E-state index contributed by atoms with van der Waals surface area (Å²) in [6.07, 6.45) is 1.74. The molecule has 1 heterocycles. The number of nitrogens with two attached hydrogens (primary N) is 1. The van der Waals surface area contributed by atoms with Crippen molar-refractivity contribution < 1.29 is 9.90 Å². The minimum absolute atomic E-state index is 0.0619. The molecule has 0 spiro atoms. The third kappa shape index (κ3) is 1.27. The molecule has 1 atom stereocenters. The van der Waals surface area contributed by atoms with Crippen LogP contribution in [0.25, 0.3) is 0 Å². The number of likely N-dealkylation sites (tertiary alicyclic amines) is 1. The molecule has 1 rings (SSSR count). The summed E-state index contributed by atoms with van der Waals surface area (Å²) in [5.41, 5.74) is 5.07. The van der Waals surface area contributed by atoms with Crippen LogP contribution in [-0.4, -0.2) is 35.2 Å². The first-order valence-corrected chi connectivity index (χ1v) is 3.40. The third-order valence-corrected chi connectivity index (χ3v) is 1.87. The van der Waals surface area contributed by atoms with Gasteiger partial charge in [0.25, 0.3) is 0 Å². The van der Waals surface area contributed by atoms with Crippen molar-refractivity contribution in [2.45, 2.75) is 18.9 Å². The molecule has 0 bridgehead atoms. The van der Waals surface area contributed by atoms with E-state index in [-0.39, 0.29) is 18.7 Å². The number of primary amides is 1. The fraction of sp³-hybridized carbons (Fsp3) is 0.833. The van der Waals surface area contributed by atoms with Gasteiger partial charge in [0, 0.05) is 6.54 Å². The van der Waals surface area contributed by atoms with Crippen LogP contribution in [0, 0.1) is 0 Å². The predicted octanol–water partition coefficient (Wildman–Crippen LogP) is -1.11. The van der Waals surface area contributed by atoms with E-state index in [0.717, 1.165) is 19.4 Å². The SMILES string of the molecule is NC(=O)C1CCCN1CO. The molecule has 4 nitrogen and oxygen atoms in total. The molecule has 58 valence electrons. The highest BCUT2D eigenvalue weighted by Crippen LogP contribution is 2.14. The monoisotopic (exact) mass is 144 g/mol. The molecular weight excluding hydrogens is 132 g/mol. The molecule has 0 saturated carbocycles. The fourth-order valence-electron chi connectivity index (χ4n) is 1.32. The summed E-state index contributed by atoms with van der Waals surface area (Å²) in [5, 5.41) is 8.70. The number of aliphatic hydroxyl groups excluding tert-OH is 1. The lowest BCUT2D eigenvalue weighted by Crippen LogP contribution is -2.40. The van der Waals surface area contributed by atoms with E-state index in [2.05, 4.69) is 0 Å². The lowest BCUT2D eigenvalue weighted by atomic mass is 10.2. The second-order valence-electron chi connectivity index (χ2n) is 2.51. The first-order valence-electron chi connectivity index (χ1n) is 3.40. The summed E-state index contributed by atoms with van der Waals surface area (Å²) in [6, 6.07) is -0.231. The third-order valence-electron chi connectivity index (χ3n) is 1.87. The highest BCUT2D eigenvalue weighted by molar-refractivity contribution is 5.80. The lowest BCUT2D eigenvalue weighted by Gasteiger charge is -2.17. The summed E-state index contributed by atoms with van der Waals surface area (Å²) < 4.78 is 0. The summed E-state index contributed by atoms with van der Waals surface area (Å²) >= 11 is 0. The number of aliphatic hydroxyl groups is 1. The molecule has 10 heavy (non-hydrogen) atoms. The van der Waals surface area contributed by atoms with Gasteiger partial charge in [0.2, 0.25) is 5.91 Å². The van der Waals surface area contributed by atoms with Gasteiger partial charge in [-0.15, -0.1) is 0 Å². The Morgan fingerprint density at radius 3 is 2.90 bits per heavy atom. The zero-order chi connectivity index (χ0) is 7.56. The van der Waals surface area contributed by atoms with Crippen molar-refractivity contribution in [3.05, 3.63) is 0 Å². The molecule has 4 heteroatoms. The molecule has 0 aromatic heterocycles. The Morgan fingerprint density at radius 1 is 1.80 bits per heavy atom. The minimum Gasteiger partial charge on any atom is -0.381 e. The van der Waals surface area contributed by atoms with Crippen LogP contribution in [0.1, 0.15) is 12.8 Å². The van der Waals surface area contributed by atoms with E-state index < -0.39 is 0 Å². The van der Waals surface area contributed by atoms with Crippen molar-refractivity contribution in [1.82, 2.24) is 4.90 Å². The van der Waals surface area contributed by atoms with Gasteiger partial charge in [0.05, 0.1) is 12.8 Å². The predicted molar refractivity (Wildman–Crippen MR) is 36.0 cm³/mol. The first kappa shape index (κ1) is 7.50. The molecule has 1 amide bonds. The summed E-state index contributed by atoms with van der Waals surface area (Å²) in [7, 11) is 0. The zero-order valence-electron chi connectivity index (χ0n) is 5.79. The van der Waals surface area contributed by atoms with Crippen molar-refractivity contribution in [3.8, 4) is 0 Å². The normalized spacial score (nSPS) is 27.1. The van der Waals surface area contributed by atoms with Crippen LogP contribution in [0.15, 0.2) is 0 Å². The van der Waals surface area contributed by atoms with E-state index in [9.17, 15) is 4.79 Å². The number of hydrogen-bond acceptors (Lipinski definition) is 3. The maximum Gasteiger partial charge on any atom is 0.234 e. The van der Waals surface area contributed by atoms with Crippen molar-refractivity contribution in [3.63, 3.8) is 0 Å². The number of amides is 1. The van der Waals surface area contributed by atoms with Gasteiger partial charge in [0.15, 0.2) is 0 Å². The van der Waals surface area contributed by atoms with E-state index in [1.807, 2.05) is 0 Å². The smallest absolute Gasteiger partial charge is 0.234 e. The highest BCUT2D eigenvalue weighted by atomic mass is 16.3. The van der Waals surface area contributed by atoms with Gasteiger partial charge in [-0.25, -0.2) is 0 Å². The molecule has 1 aliphatic heterocycles. The quantitative estimate of drug-likeness (QED) is 0.516. The summed E-state index contributed by atoms with van der Waals surface area (Å²) in [6.45, 7) is 0.720. The number of carbonyl (C=O) groups excluding carboxylic acids is 1. The van der Waals surface area contributed by atoms with Crippen LogP contribution in [0.5, 0.6) is 0 Å². The van der Waals surface area contributed by atoms with Gasteiger partial charge in [0.1, 0.15) is 0 Å². The van der Waals surface area contributed by atoms with Gasteiger partial charge in [-0.3, -0.25) is 9.69 Å². The second kappa shape index (κ2) is 2.98. The molecule has 0 radical (unpaired) electrons. The van der Waals surface area contributed by atoms with Crippen LogP contribution in [0.4, 0.5) is 0 Å². The van der Waals surface area contributed by atoms with E-state index in [1.165, 1.54) is 0 Å². The molecule has 0 aromatic rings. The average molecular weight is 144 g/mol. The standard InChI is InChI=1S/C6H12N2O2/c7-6(10)5-2-1-3-8(5)4-9/h5,9H,1-4H2,(H2,7,10). The van der Waals surface area contributed by atoms with Crippen LogP contribution < -0.4 is 5.73 Å². The van der Waals surface area contributed by atoms with Crippen LogP contribution in [0.2, 0.25) is 0 Å². The number of nitrogens with zero attached hydrogens (tertiary/aromatic N) is 1. The van der Waals surface area contributed by atoms with E-state index in [0.29, 0.717) is 0 Å². The van der Waals surface area contributed by atoms with Gasteiger partial charge in [-0.1, -0.05) is 0 Å². The Bertz CT molecular complexity index is 138. The van der Waals surface area contributed by atoms with E-state index in [4.69, 9.17) is 10.8 Å². The van der Waals surface area contributed by atoms with E-state index >= 15 is 0 Å². The first-order chi connectivity index (χ1) is 4.75. The molecule has 1 unspecified atom stereocenters. The highest BCUT2D eigenvalue weighted by Gasteiger charge is 2.27. The van der Waals surface area contributed by atoms with Crippen LogP contribution in [-0.2, 0) is 4.79 Å². The minimum atomic E-state index is -0.327. The van der Waals surface area contributed by atoms with Crippen LogP contribution in [0.3, 0.4) is 0 Å². The summed E-state index contributed by atoms with van der Waals surface area (Å²) in [4.78, 5) is 12.3. The van der Waals surface area contributed by atoms with Crippen molar-refractivity contribution in [2.75, 3.05) is 13.3 Å². The largest absolute Gasteiger partial charge is 0.381 e. The second-order valence-corrected chi connectivity index (χ2v) is 2.51.